The number of hydrogen-bond acceptors (Lipinski definition) is 3. The highest BCUT2D eigenvalue weighted by atomic mass is 16.7. The van der Waals surface area contributed by atoms with Crippen molar-refractivity contribution < 1.29 is 9.63 Å². The maximum absolute atomic E-state index is 10.4. The normalized spacial score (nSPS) is 20.8. The zero-order valence-corrected chi connectivity index (χ0v) is 7.69. The predicted octanol–water partition coefficient (Wildman–Crippen LogP) is 0.100. The van der Waals surface area contributed by atoms with Gasteiger partial charge in [0.2, 0.25) is 6.41 Å². The van der Waals surface area contributed by atoms with Gasteiger partial charge in [0.15, 0.2) is 0 Å². The highest BCUT2D eigenvalue weighted by Gasteiger charge is 2.21. The van der Waals surface area contributed by atoms with Crippen LogP contribution in [0.15, 0.2) is 0 Å². The predicted molar refractivity (Wildman–Crippen MR) is 45.4 cm³/mol. The van der Waals surface area contributed by atoms with E-state index in [1.165, 1.54) is 0 Å². The summed E-state index contributed by atoms with van der Waals surface area (Å²) in [6.07, 6.45) is 2.90. The van der Waals surface area contributed by atoms with Crippen molar-refractivity contribution in [1.82, 2.24) is 9.96 Å². The zero-order chi connectivity index (χ0) is 8.97. The molecule has 0 N–H and O–H groups in total. The van der Waals surface area contributed by atoms with Gasteiger partial charge >= 0.3 is 0 Å². The number of carbonyl (C=O) groups excluding carboxylic acids is 1. The van der Waals surface area contributed by atoms with Crippen molar-refractivity contribution in [3.05, 3.63) is 0 Å². The highest BCUT2D eigenvalue weighted by Crippen LogP contribution is 2.13. The lowest BCUT2D eigenvalue weighted by molar-refractivity contribution is -0.151. The molecule has 0 bridgehead atoms. The van der Waals surface area contributed by atoms with Crippen LogP contribution in [0, 0.1) is 0 Å². The summed E-state index contributed by atoms with van der Waals surface area (Å²) in [4.78, 5) is 17.3. The Morgan fingerprint density at radius 2 is 2.08 bits per heavy atom. The molecule has 1 aliphatic rings. The molecule has 4 heteroatoms. The van der Waals surface area contributed by atoms with E-state index in [1.54, 1.807) is 12.0 Å². The van der Waals surface area contributed by atoms with Gasteiger partial charge in [-0.25, -0.2) is 0 Å². The zero-order valence-electron chi connectivity index (χ0n) is 7.69. The molecule has 0 radical (unpaired) electrons. The lowest BCUT2D eigenvalue weighted by atomic mass is 10.1. The second-order valence-corrected chi connectivity index (χ2v) is 3.11. The molecule has 1 amide bonds. The summed E-state index contributed by atoms with van der Waals surface area (Å²) in [6.45, 7) is 1.83. The van der Waals surface area contributed by atoms with Crippen LogP contribution < -0.4 is 0 Å². The third-order valence-corrected chi connectivity index (χ3v) is 2.42. The molecular formula is C8H16N2O2. The summed E-state index contributed by atoms with van der Waals surface area (Å²) in [7, 11) is 3.52. The van der Waals surface area contributed by atoms with Crippen LogP contribution in [0.2, 0.25) is 0 Å². The summed E-state index contributed by atoms with van der Waals surface area (Å²) < 4.78 is 0. The van der Waals surface area contributed by atoms with E-state index in [9.17, 15) is 4.79 Å². The molecule has 0 aromatic rings. The Bertz CT molecular complexity index is 144. The summed E-state index contributed by atoms with van der Waals surface area (Å²) in [5, 5.41) is 1.93. The molecule has 0 aliphatic carbocycles. The molecule has 1 rings (SSSR count). The van der Waals surface area contributed by atoms with E-state index in [2.05, 4.69) is 0 Å². The number of rotatable bonds is 3. The number of piperidine rings is 1. The first-order valence-corrected chi connectivity index (χ1v) is 4.24. The molecule has 0 unspecified atom stereocenters. The summed E-state index contributed by atoms with van der Waals surface area (Å²) in [6, 6.07) is 0.397. The monoisotopic (exact) mass is 172 g/mol. The summed E-state index contributed by atoms with van der Waals surface area (Å²) >= 11 is 0. The number of nitrogens with zero attached hydrogens (tertiary/aromatic N) is 2. The van der Waals surface area contributed by atoms with Crippen LogP contribution in [0.1, 0.15) is 12.8 Å². The van der Waals surface area contributed by atoms with Crippen molar-refractivity contribution >= 4 is 6.41 Å². The number of hydrogen-bond donors (Lipinski definition) is 0. The van der Waals surface area contributed by atoms with Crippen LogP contribution in [0.5, 0.6) is 0 Å². The van der Waals surface area contributed by atoms with Crippen LogP contribution in [0.25, 0.3) is 0 Å². The number of hydroxylamine groups is 2. The molecule has 4 nitrogen and oxygen atoms in total. The lowest BCUT2D eigenvalue weighted by Crippen LogP contribution is -2.42. The Balaban J connectivity index is 2.30. The van der Waals surface area contributed by atoms with Crippen LogP contribution in [-0.2, 0) is 9.63 Å². The van der Waals surface area contributed by atoms with Crippen molar-refractivity contribution in [1.29, 1.82) is 0 Å². The van der Waals surface area contributed by atoms with Crippen molar-refractivity contribution in [2.24, 2.45) is 0 Å². The van der Waals surface area contributed by atoms with E-state index >= 15 is 0 Å². The van der Waals surface area contributed by atoms with E-state index in [4.69, 9.17) is 4.84 Å². The highest BCUT2D eigenvalue weighted by molar-refractivity contribution is 5.47. The minimum atomic E-state index is 0.397. The van der Waals surface area contributed by atoms with Gasteiger partial charge in [-0.15, -0.1) is 0 Å². The van der Waals surface area contributed by atoms with Gasteiger partial charge in [-0.3, -0.25) is 4.79 Å². The van der Waals surface area contributed by atoms with Gasteiger partial charge in [0, 0.05) is 26.2 Å². The van der Waals surface area contributed by atoms with E-state index in [1.807, 2.05) is 12.1 Å². The second kappa shape index (κ2) is 4.42. The van der Waals surface area contributed by atoms with Gasteiger partial charge in [-0.2, -0.15) is 5.06 Å². The van der Waals surface area contributed by atoms with Crippen molar-refractivity contribution in [3.8, 4) is 0 Å². The molecular weight excluding hydrogens is 156 g/mol. The molecule has 70 valence electrons. The molecule has 1 aliphatic heterocycles. The number of amides is 1. The fourth-order valence-electron chi connectivity index (χ4n) is 1.52. The fraction of sp³-hybridized carbons (Fsp3) is 0.875. The molecule has 0 aromatic heterocycles. The smallest absolute Gasteiger partial charge is 0.209 e. The van der Waals surface area contributed by atoms with Crippen LogP contribution in [0.4, 0.5) is 0 Å². The van der Waals surface area contributed by atoms with Crippen molar-refractivity contribution in [2.75, 3.05) is 27.2 Å². The largest absolute Gasteiger partial charge is 0.345 e. The first-order chi connectivity index (χ1) is 5.77. The Labute approximate surface area is 73.0 Å². The maximum Gasteiger partial charge on any atom is 0.209 e. The summed E-state index contributed by atoms with van der Waals surface area (Å²) in [5.41, 5.74) is 0. The quantitative estimate of drug-likeness (QED) is 0.566. The second-order valence-electron chi connectivity index (χ2n) is 3.11. The van der Waals surface area contributed by atoms with Crippen LogP contribution in [0.3, 0.4) is 0 Å². The average Bonchev–Trinajstić information content (AvgIpc) is 2.17. The van der Waals surface area contributed by atoms with Gasteiger partial charge in [0.1, 0.15) is 0 Å². The van der Waals surface area contributed by atoms with Gasteiger partial charge in [0.05, 0.1) is 7.11 Å². The minimum Gasteiger partial charge on any atom is -0.345 e. The molecule has 0 aromatic carbocycles. The third-order valence-electron chi connectivity index (χ3n) is 2.42. The Kier molecular flexibility index (Phi) is 3.49. The molecule has 0 atom stereocenters. The van der Waals surface area contributed by atoms with Crippen molar-refractivity contribution in [2.45, 2.75) is 18.9 Å². The standard InChI is InChI=1S/C8H16N2O2/c1-9(7-11)8-3-5-10(12-2)6-4-8/h7-8H,3-6H2,1-2H3. The third kappa shape index (κ3) is 2.19. The summed E-state index contributed by atoms with van der Waals surface area (Å²) in [5.74, 6) is 0. The molecule has 0 saturated carbocycles. The maximum atomic E-state index is 10.4. The van der Waals surface area contributed by atoms with Crippen LogP contribution >= 0.6 is 0 Å². The first-order valence-electron chi connectivity index (χ1n) is 4.24. The molecule has 12 heavy (non-hydrogen) atoms. The minimum absolute atomic E-state index is 0.397. The van der Waals surface area contributed by atoms with E-state index in [0.29, 0.717) is 6.04 Å². The van der Waals surface area contributed by atoms with Gasteiger partial charge in [0.25, 0.3) is 0 Å². The first kappa shape index (κ1) is 9.48. The van der Waals surface area contributed by atoms with E-state index in [-0.39, 0.29) is 0 Å². The molecule has 0 spiro atoms. The molecule has 1 saturated heterocycles. The molecule has 1 heterocycles. The van der Waals surface area contributed by atoms with E-state index < -0.39 is 0 Å². The Morgan fingerprint density at radius 3 is 2.50 bits per heavy atom. The van der Waals surface area contributed by atoms with Crippen molar-refractivity contribution in [3.63, 3.8) is 0 Å². The molecule has 1 fully saturated rings. The topological polar surface area (TPSA) is 32.8 Å². The van der Waals surface area contributed by atoms with Gasteiger partial charge in [-0.1, -0.05) is 0 Å². The Hall–Kier alpha value is -0.610. The van der Waals surface area contributed by atoms with Gasteiger partial charge < -0.3 is 9.74 Å². The van der Waals surface area contributed by atoms with Crippen LogP contribution in [-0.4, -0.2) is 49.7 Å². The Morgan fingerprint density at radius 1 is 1.50 bits per heavy atom. The fourth-order valence-corrected chi connectivity index (χ4v) is 1.52. The van der Waals surface area contributed by atoms with Gasteiger partial charge in [-0.05, 0) is 12.8 Å². The van der Waals surface area contributed by atoms with E-state index in [0.717, 1.165) is 32.3 Å². The average molecular weight is 172 g/mol. The number of carbonyl (C=O) groups is 1. The lowest BCUT2D eigenvalue weighted by Gasteiger charge is -2.33. The SMILES string of the molecule is CON1CCC(N(C)C=O)CC1.